The first kappa shape index (κ1) is 23.8. The summed E-state index contributed by atoms with van der Waals surface area (Å²) in [7, 11) is 0. The van der Waals surface area contributed by atoms with Crippen LogP contribution in [0, 0.1) is 5.92 Å². The molecule has 0 bridgehead atoms. The average Bonchev–Trinajstić information content (AvgIpc) is 3.33. The van der Waals surface area contributed by atoms with Gasteiger partial charge in [0.15, 0.2) is 0 Å². The molecule has 5 nitrogen and oxygen atoms in total. The Morgan fingerprint density at radius 3 is 2.45 bits per heavy atom. The Hall–Kier alpha value is -2.33. The summed E-state index contributed by atoms with van der Waals surface area (Å²) >= 11 is 5.02. The first-order valence-electron chi connectivity index (χ1n) is 10.6. The number of hydrogen-bond donors (Lipinski definition) is 0. The van der Waals surface area contributed by atoms with Gasteiger partial charge in [0.2, 0.25) is 0 Å². The summed E-state index contributed by atoms with van der Waals surface area (Å²) in [6.45, 7) is 3.26. The molecule has 0 saturated carbocycles. The van der Waals surface area contributed by atoms with Crippen LogP contribution >= 0.6 is 27.3 Å². The molecule has 0 N–H and O–H groups in total. The SMILES string of the molecule is CCOC(=O)C1CCN(C(=O)c2cc3scc(Br)c3n2Cc2ccc(C(F)(F)F)cc2)CC1. The van der Waals surface area contributed by atoms with Crippen LogP contribution in [0.5, 0.6) is 0 Å². The molecule has 0 spiro atoms. The molecule has 1 aliphatic heterocycles. The molecule has 1 amide bonds. The second-order valence-corrected chi connectivity index (χ2v) is 9.69. The van der Waals surface area contributed by atoms with Crippen molar-refractivity contribution in [3.05, 3.63) is 57.0 Å². The smallest absolute Gasteiger partial charge is 0.416 e. The first-order valence-corrected chi connectivity index (χ1v) is 12.2. The molecular formula is C23H22BrF3N2O3S. The number of thiophene rings is 1. The second kappa shape index (κ2) is 9.50. The predicted molar refractivity (Wildman–Crippen MR) is 123 cm³/mol. The van der Waals surface area contributed by atoms with Gasteiger partial charge in [-0.1, -0.05) is 12.1 Å². The van der Waals surface area contributed by atoms with E-state index in [4.69, 9.17) is 4.74 Å². The molecule has 1 aromatic carbocycles. The first-order chi connectivity index (χ1) is 15.7. The number of aromatic nitrogens is 1. The van der Waals surface area contributed by atoms with Gasteiger partial charge in [-0.15, -0.1) is 11.3 Å². The maximum atomic E-state index is 13.4. The van der Waals surface area contributed by atoms with Crippen LogP contribution in [0.2, 0.25) is 0 Å². The highest BCUT2D eigenvalue weighted by molar-refractivity contribution is 9.10. The molecule has 1 aliphatic rings. The van der Waals surface area contributed by atoms with Crippen LogP contribution in [0.3, 0.4) is 0 Å². The quantitative estimate of drug-likeness (QED) is 0.374. The van der Waals surface area contributed by atoms with Gasteiger partial charge in [-0.2, -0.15) is 13.2 Å². The number of halogens is 4. The van der Waals surface area contributed by atoms with Crippen LogP contribution in [-0.2, 0) is 22.3 Å². The zero-order valence-corrected chi connectivity index (χ0v) is 20.2. The topological polar surface area (TPSA) is 51.5 Å². The number of likely N-dealkylation sites (tertiary alicyclic amines) is 1. The van der Waals surface area contributed by atoms with Crippen molar-refractivity contribution >= 4 is 49.4 Å². The van der Waals surface area contributed by atoms with E-state index in [9.17, 15) is 22.8 Å². The minimum Gasteiger partial charge on any atom is -0.466 e. The van der Waals surface area contributed by atoms with Gasteiger partial charge >= 0.3 is 12.1 Å². The number of amides is 1. The van der Waals surface area contributed by atoms with Gasteiger partial charge in [0.05, 0.1) is 32.8 Å². The van der Waals surface area contributed by atoms with Gasteiger partial charge in [0.1, 0.15) is 5.69 Å². The van der Waals surface area contributed by atoms with Crippen LogP contribution < -0.4 is 0 Å². The number of nitrogens with zero attached hydrogens (tertiary/aromatic N) is 2. The van der Waals surface area contributed by atoms with Crippen LogP contribution in [0.25, 0.3) is 10.2 Å². The molecule has 33 heavy (non-hydrogen) atoms. The molecule has 0 radical (unpaired) electrons. The lowest BCUT2D eigenvalue weighted by Gasteiger charge is -2.31. The lowest BCUT2D eigenvalue weighted by Crippen LogP contribution is -2.41. The van der Waals surface area contributed by atoms with Crippen LogP contribution in [0.15, 0.2) is 40.2 Å². The third-order valence-corrected chi connectivity index (χ3v) is 7.65. The van der Waals surface area contributed by atoms with E-state index in [0.717, 1.165) is 26.8 Å². The Labute approximate surface area is 201 Å². The zero-order valence-electron chi connectivity index (χ0n) is 17.8. The van der Waals surface area contributed by atoms with E-state index in [0.29, 0.717) is 43.8 Å². The van der Waals surface area contributed by atoms with Gasteiger partial charge in [-0.3, -0.25) is 9.59 Å². The lowest BCUT2D eigenvalue weighted by atomic mass is 9.97. The van der Waals surface area contributed by atoms with E-state index in [1.54, 1.807) is 11.8 Å². The third kappa shape index (κ3) is 4.96. The largest absolute Gasteiger partial charge is 0.466 e. The molecule has 4 rings (SSSR count). The van der Waals surface area contributed by atoms with Gasteiger partial charge in [0.25, 0.3) is 5.91 Å². The van der Waals surface area contributed by atoms with Crippen molar-refractivity contribution in [2.75, 3.05) is 19.7 Å². The molecule has 0 atom stereocenters. The molecule has 176 valence electrons. The van der Waals surface area contributed by atoms with Gasteiger partial charge in [-0.05, 0) is 59.5 Å². The number of esters is 1. The Balaban J connectivity index is 1.58. The Morgan fingerprint density at radius 2 is 1.85 bits per heavy atom. The van der Waals surface area contributed by atoms with Crippen LogP contribution in [0.4, 0.5) is 13.2 Å². The summed E-state index contributed by atoms with van der Waals surface area (Å²) in [6.07, 6.45) is -3.31. The maximum Gasteiger partial charge on any atom is 0.416 e. The molecule has 1 fully saturated rings. The van der Waals surface area contributed by atoms with Crippen LogP contribution in [0.1, 0.15) is 41.4 Å². The minimum atomic E-state index is -4.40. The highest BCUT2D eigenvalue weighted by Crippen LogP contribution is 2.35. The van der Waals surface area contributed by atoms with Crippen molar-refractivity contribution in [3.8, 4) is 0 Å². The molecule has 3 heterocycles. The summed E-state index contributed by atoms with van der Waals surface area (Å²) in [6, 6.07) is 6.82. The molecule has 10 heteroatoms. The van der Waals surface area contributed by atoms with Crippen LogP contribution in [-0.4, -0.2) is 41.0 Å². The fourth-order valence-corrected chi connectivity index (χ4v) is 5.79. The number of fused-ring (bicyclic) bond motifs is 1. The van der Waals surface area contributed by atoms with Gasteiger partial charge < -0.3 is 14.2 Å². The van der Waals surface area contributed by atoms with E-state index < -0.39 is 11.7 Å². The monoisotopic (exact) mass is 542 g/mol. The summed E-state index contributed by atoms with van der Waals surface area (Å²) in [5, 5.41) is 1.92. The highest BCUT2D eigenvalue weighted by Gasteiger charge is 2.31. The van der Waals surface area contributed by atoms with Crippen molar-refractivity contribution in [3.63, 3.8) is 0 Å². The standard InChI is InChI=1S/C23H22BrF3N2O3S/c1-2-32-22(31)15-7-9-28(10-8-15)21(30)18-11-19-20(17(24)13-33-19)29(18)12-14-3-5-16(6-4-14)23(25,26)27/h3-6,11,13,15H,2,7-10,12H2,1H3. The second-order valence-electron chi connectivity index (χ2n) is 7.93. The Morgan fingerprint density at radius 1 is 1.18 bits per heavy atom. The molecule has 1 saturated heterocycles. The van der Waals surface area contributed by atoms with Gasteiger partial charge in [0, 0.05) is 25.0 Å². The molecule has 2 aromatic heterocycles. The normalized spacial score (nSPS) is 15.2. The number of alkyl halides is 3. The summed E-state index contributed by atoms with van der Waals surface area (Å²) in [4.78, 5) is 27.1. The van der Waals surface area contributed by atoms with Crippen molar-refractivity contribution < 1.29 is 27.5 Å². The number of ether oxygens (including phenoxy) is 1. The summed E-state index contributed by atoms with van der Waals surface area (Å²) in [5.41, 5.74) is 1.27. The predicted octanol–water partition coefficient (Wildman–Crippen LogP) is 5.95. The number of carbonyl (C=O) groups is 2. The molecule has 0 unspecified atom stereocenters. The van der Waals surface area contributed by atoms with Crippen molar-refractivity contribution in [1.82, 2.24) is 9.47 Å². The third-order valence-electron chi connectivity index (χ3n) is 5.82. The number of benzene rings is 1. The lowest BCUT2D eigenvalue weighted by molar-refractivity contribution is -0.149. The minimum absolute atomic E-state index is 0.153. The molecular weight excluding hydrogens is 521 g/mol. The van der Waals surface area contributed by atoms with Crippen molar-refractivity contribution in [2.24, 2.45) is 5.92 Å². The van der Waals surface area contributed by atoms with Crippen molar-refractivity contribution in [1.29, 1.82) is 0 Å². The fourth-order valence-electron chi connectivity index (χ4n) is 4.09. The number of carbonyl (C=O) groups excluding carboxylic acids is 2. The summed E-state index contributed by atoms with van der Waals surface area (Å²) < 4.78 is 47.5. The van der Waals surface area contributed by atoms with E-state index in [1.807, 2.05) is 16.0 Å². The highest BCUT2D eigenvalue weighted by atomic mass is 79.9. The maximum absolute atomic E-state index is 13.4. The van der Waals surface area contributed by atoms with E-state index in [-0.39, 0.29) is 24.3 Å². The number of piperidine rings is 1. The number of hydrogen-bond acceptors (Lipinski definition) is 4. The van der Waals surface area contributed by atoms with E-state index in [1.165, 1.54) is 23.5 Å². The number of rotatable bonds is 5. The van der Waals surface area contributed by atoms with E-state index >= 15 is 0 Å². The molecule has 3 aromatic rings. The van der Waals surface area contributed by atoms with Crippen molar-refractivity contribution in [2.45, 2.75) is 32.5 Å². The Bertz CT molecular complexity index is 1160. The zero-order chi connectivity index (χ0) is 23.8. The van der Waals surface area contributed by atoms with Gasteiger partial charge in [-0.25, -0.2) is 0 Å². The Kier molecular flexibility index (Phi) is 6.86. The average molecular weight is 543 g/mol. The fraction of sp³-hybridized carbons (Fsp3) is 0.391. The van der Waals surface area contributed by atoms with E-state index in [2.05, 4.69) is 15.9 Å². The molecule has 0 aliphatic carbocycles. The summed E-state index contributed by atoms with van der Waals surface area (Å²) in [5.74, 6) is -0.579.